The molecule has 90 valence electrons. The van der Waals surface area contributed by atoms with Crippen LogP contribution in [0.3, 0.4) is 0 Å². The molecule has 0 fully saturated rings. The number of nitrogens with zero attached hydrogens (tertiary/aromatic N) is 2. The number of halogens is 1. The minimum Gasteiger partial charge on any atom is -0.363 e. The summed E-state index contributed by atoms with van der Waals surface area (Å²) in [5.41, 5.74) is 1.95. The molecule has 1 unspecified atom stereocenters. The van der Waals surface area contributed by atoms with Crippen LogP contribution in [0.15, 0.2) is 22.7 Å². The highest BCUT2D eigenvalue weighted by Crippen LogP contribution is 2.24. The normalized spacial score (nSPS) is 12.5. The zero-order valence-corrected chi connectivity index (χ0v) is 10.7. The zero-order chi connectivity index (χ0) is 12.4. The Balaban J connectivity index is 2.20. The Morgan fingerprint density at radius 1 is 1.35 bits per heavy atom. The van der Waals surface area contributed by atoms with Crippen molar-refractivity contribution in [2.75, 3.05) is 5.32 Å². The number of aromatic nitrogens is 2. The summed E-state index contributed by atoms with van der Waals surface area (Å²) in [6.45, 7) is 5.86. The van der Waals surface area contributed by atoms with Crippen molar-refractivity contribution in [3.05, 3.63) is 40.4 Å². The molecule has 0 amide bonds. The Hall–Kier alpha value is -1.55. The fourth-order valence-electron chi connectivity index (χ4n) is 1.89. The van der Waals surface area contributed by atoms with Gasteiger partial charge in [0.25, 0.3) is 0 Å². The van der Waals surface area contributed by atoms with Crippen molar-refractivity contribution in [3.63, 3.8) is 0 Å². The fraction of sp³-hybridized carbons (Fsp3) is 0.333. The molecule has 1 atom stereocenters. The van der Waals surface area contributed by atoms with E-state index >= 15 is 0 Å². The van der Waals surface area contributed by atoms with E-state index in [0.29, 0.717) is 5.15 Å². The maximum absolute atomic E-state index is 5.83. The SMILES string of the molecule is Cc1noc(C)c1C(C)Nc1cccc(Cl)n1. The molecule has 2 heterocycles. The Morgan fingerprint density at radius 2 is 2.12 bits per heavy atom. The van der Waals surface area contributed by atoms with Crippen LogP contribution < -0.4 is 5.32 Å². The Bertz CT molecular complexity index is 505. The molecule has 0 bridgehead atoms. The van der Waals surface area contributed by atoms with E-state index < -0.39 is 0 Å². The van der Waals surface area contributed by atoms with Crippen molar-refractivity contribution in [2.24, 2.45) is 0 Å². The number of hydrogen-bond acceptors (Lipinski definition) is 4. The lowest BCUT2D eigenvalue weighted by Gasteiger charge is -2.14. The van der Waals surface area contributed by atoms with Gasteiger partial charge in [-0.15, -0.1) is 0 Å². The fourth-order valence-corrected chi connectivity index (χ4v) is 2.05. The predicted molar refractivity (Wildman–Crippen MR) is 67.3 cm³/mol. The minimum absolute atomic E-state index is 0.0761. The van der Waals surface area contributed by atoms with Gasteiger partial charge in [-0.05, 0) is 32.9 Å². The Labute approximate surface area is 105 Å². The molecule has 0 saturated carbocycles. The van der Waals surface area contributed by atoms with Gasteiger partial charge in [0.1, 0.15) is 16.7 Å². The lowest BCUT2D eigenvalue weighted by Crippen LogP contribution is -2.09. The predicted octanol–water partition coefficient (Wildman–Crippen LogP) is 3.51. The van der Waals surface area contributed by atoms with Gasteiger partial charge >= 0.3 is 0 Å². The maximum atomic E-state index is 5.83. The number of nitrogens with one attached hydrogen (secondary N) is 1. The van der Waals surface area contributed by atoms with Crippen LogP contribution >= 0.6 is 11.6 Å². The van der Waals surface area contributed by atoms with Crippen molar-refractivity contribution in [1.82, 2.24) is 10.1 Å². The van der Waals surface area contributed by atoms with Crippen LogP contribution in [-0.4, -0.2) is 10.1 Å². The van der Waals surface area contributed by atoms with Crippen molar-refractivity contribution in [1.29, 1.82) is 0 Å². The van der Waals surface area contributed by atoms with E-state index in [-0.39, 0.29) is 6.04 Å². The molecule has 4 nitrogen and oxygen atoms in total. The molecule has 2 aromatic rings. The molecule has 0 aliphatic rings. The van der Waals surface area contributed by atoms with Crippen molar-refractivity contribution in [3.8, 4) is 0 Å². The number of rotatable bonds is 3. The van der Waals surface area contributed by atoms with Crippen LogP contribution in [0.5, 0.6) is 0 Å². The standard InChI is InChI=1S/C12H14ClN3O/c1-7(12-8(2)16-17-9(12)3)14-11-6-4-5-10(13)15-11/h4-7H,1-3H3,(H,14,15). The second-order valence-electron chi connectivity index (χ2n) is 3.95. The van der Waals surface area contributed by atoms with Gasteiger partial charge in [-0.2, -0.15) is 0 Å². The maximum Gasteiger partial charge on any atom is 0.139 e. The molecular weight excluding hydrogens is 238 g/mol. The number of aryl methyl sites for hydroxylation is 2. The lowest BCUT2D eigenvalue weighted by molar-refractivity contribution is 0.392. The summed E-state index contributed by atoms with van der Waals surface area (Å²) >= 11 is 5.83. The summed E-state index contributed by atoms with van der Waals surface area (Å²) in [6, 6.07) is 5.55. The number of pyridine rings is 1. The molecule has 0 spiro atoms. The molecule has 1 N–H and O–H groups in total. The summed E-state index contributed by atoms with van der Waals surface area (Å²) in [7, 11) is 0. The van der Waals surface area contributed by atoms with E-state index in [1.54, 1.807) is 6.07 Å². The summed E-state index contributed by atoms with van der Waals surface area (Å²) in [5, 5.41) is 7.68. The van der Waals surface area contributed by atoms with Gasteiger partial charge in [-0.25, -0.2) is 4.98 Å². The van der Waals surface area contributed by atoms with Gasteiger partial charge in [0.2, 0.25) is 0 Å². The van der Waals surface area contributed by atoms with Crippen LogP contribution in [0.2, 0.25) is 5.15 Å². The quantitative estimate of drug-likeness (QED) is 0.848. The van der Waals surface area contributed by atoms with Gasteiger partial charge in [0.05, 0.1) is 11.7 Å². The lowest BCUT2D eigenvalue weighted by atomic mass is 10.1. The summed E-state index contributed by atoms with van der Waals surface area (Å²) < 4.78 is 5.14. The van der Waals surface area contributed by atoms with Crippen molar-refractivity contribution in [2.45, 2.75) is 26.8 Å². The van der Waals surface area contributed by atoms with Crippen LogP contribution in [-0.2, 0) is 0 Å². The minimum atomic E-state index is 0.0761. The third-order valence-corrected chi connectivity index (χ3v) is 2.81. The van der Waals surface area contributed by atoms with E-state index in [1.807, 2.05) is 32.9 Å². The molecule has 2 aromatic heterocycles. The van der Waals surface area contributed by atoms with Crippen LogP contribution in [0, 0.1) is 13.8 Å². The largest absolute Gasteiger partial charge is 0.363 e. The third-order valence-electron chi connectivity index (χ3n) is 2.60. The van der Waals surface area contributed by atoms with Gasteiger partial charge in [-0.1, -0.05) is 22.8 Å². The van der Waals surface area contributed by atoms with E-state index in [9.17, 15) is 0 Å². The van der Waals surface area contributed by atoms with Crippen molar-refractivity contribution >= 4 is 17.4 Å². The highest BCUT2D eigenvalue weighted by molar-refractivity contribution is 6.29. The van der Waals surface area contributed by atoms with Gasteiger partial charge in [0.15, 0.2) is 0 Å². The van der Waals surface area contributed by atoms with Crippen molar-refractivity contribution < 1.29 is 4.52 Å². The van der Waals surface area contributed by atoms with Crippen LogP contribution in [0.4, 0.5) is 5.82 Å². The van der Waals surface area contributed by atoms with E-state index in [1.165, 1.54) is 0 Å². The molecular formula is C12H14ClN3O. The Morgan fingerprint density at radius 3 is 2.71 bits per heavy atom. The summed E-state index contributed by atoms with van der Waals surface area (Å²) in [5.74, 6) is 1.56. The molecule has 17 heavy (non-hydrogen) atoms. The van der Waals surface area contributed by atoms with Crippen LogP contribution in [0.1, 0.15) is 30.0 Å². The average Bonchev–Trinajstić information content (AvgIpc) is 2.58. The molecule has 5 heteroatoms. The zero-order valence-electron chi connectivity index (χ0n) is 9.99. The van der Waals surface area contributed by atoms with E-state index in [2.05, 4.69) is 15.5 Å². The summed E-state index contributed by atoms with van der Waals surface area (Å²) in [6.07, 6.45) is 0. The van der Waals surface area contributed by atoms with Gasteiger partial charge in [0, 0.05) is 5.56 Å². The monoisotopic (exact) mass is 251 g/mol. The number of anilines is 1. The molecule has 0 radical (unpaired) electrons. The Kier molecular flexibility index (Phi) is 3.33. The first-order chi connectivity index (χ1) is 8.08. The molecule has 0 saturated heterocycles. The first-order valence-corrected chi connectivity index (χ1v) is 5.77. The van der Waals surface area contributed by atoms with Gasteiger partial charge < -0.3 is 9.84 Å². The molecule has 2 rings (SSSR count). The second-order valence-corrected chi connectivity index (χ2v) is 4.34. The first kappa shape index (κ1) is 11.9. The topological polar surface area (TPSA) is 51.0 Å². The molecule has 0 aliphatic carbocycles. The smallest absolute Gasteiger partial charge is 0.139 e. The average molecular weight is 252 g/mol. The first-order valence-electron chi connectivity index (χ1n) is 5.40. The summed E-state index contributed by atoms with van der Waals surface area (Å²) in [4.78, 5) is 4.19. The van der Waals surface area contributed by atoms with Crippen LogP contribution in [0.25, 0.3) is 0 Å². The molecule has 0 aliphatic heterocycles. The second kappa shape index (κ2) is 4.75. The highest BCUT2D eigenvalue weighted by Gasteiger charge is 2.16. The molecule has 0 aromatic carbocycles. The van der Waals surface area contributed by atoms with Gasteiger partial charge in [-0.3, -0.25) is 0 Å². The third kappa shape index (κ3) is 2.58. The van der Waals surface area contributed by atoms with E-state index in [4.69, 9.17) is 16.1 Å². The number of hydrogen-bond donors (Lipinski definition) is 1. The highest BCUT2D eigenvalue weighted by atomic mass is 35.5. The van der Waals surface area contributed by atoms with E-state index in [0.717, 1.165) is 22.8 Å².